The number of hydrogen-bond donors (Lipinski definition) is 1. The Morgan fingerprint density at radius 1 is 1.19 bits per heavy atom. The summed E-state index contributed by atoms with van der Waals surface area (Å²) in [5.41, 5.74) is 2.45. The fraction of sp³-hybridized carbons (Fsp3) is 0.435. The van der Waals surface area contributed by atoms with E-state index in [4.69, 9.17) is 0 Å². The summed E-state index contributed by atoms with van der Waals surface area (Å²) in [6.07, 6.45) is 3.14. The molecule has 1 aliphatic heterocycles. The molecule has 0 aromatic heterocycles. The number of carbonyl (C=O) groups excluding carboxylic acids is 1. The molecule has 0 spiro atoms. The van der Waals surface area contributed by atoms with Gasteiger partial charge in [-0.1, -0.05) is 37.3 Å². The summed E-state index contributed by atoms with van der Waals surface area (Å²) in [7, 11) is 0. The number of hydrogen-bond acceptors (Lipinski definition) is 3. The number of nitrogens with zero attached hydrogens (tertiary/aromatic N) is 1. The van der Waals surface area contributed by atoms with E-state index in [2.05, 4.69) is 60.5 Å². The highest BCUT2D eigenvalue weighted by Crippen LogP contribution is 2.25. The lowest BCUT2D eigenvalue weighted by atomic mass is 9.99. The second-order valence-electron chi connectivity index (χ2n) is 7.49. The normalized spacial score (nSPS) is 18.1. The molecule has 27 heavy (non-hydrogen) atoms. The third-order valence-electron chi connectivity index (χ3n) is 5.13. The maximum atomic E-state index is 12.2. The van der Waals surface area contributed by atoms with Gasteiger partial charge in [0.1, 0.15) is 0 Å². The van der Waals surface area contributed by atoms with Gasteiger partial charge in [-0.15, -0.1) is 11.8 Å². The van der Waals surface area contributed by atoms with Crippen molar-refractivity contribution in [3.05, 3.63) is 60.2 Å². The van der Waals surface area contributed by atoms with Gasteiger partial charge in [-0.05, 0) is 55.5 Å². The molecule has 144 valence electrons. The van der Waals surface area contributed by atoms with Crippen LogP contribution >= 0.6 is 11.8 Å². The minimum Gasteiger partial charge on any atom is -0.371 e. The van der Waals surface area contributed by atoms with Gasteiger partial charge in [-0.3, -0.25) is 4.79 Å². The third-order valence-corrected chi connectivity index (χ3v) is 6.15. The molecule has 0 aliphatic carbocycles. The zero-order valence-corrected chi connectivity index (χ0v) is 17.2. The minimum atomic E-state index is 0.0357. The molecule has 1 N–H and O–H groups in total. The van der Waals surface area contributed by atoms with Crippen molar-refractivity contribution in [2.75, 3.05) is 23.7 Å². The maximum Gasteiger partial charge on any atom is 0.221 e. The molecule has 3 nitrogen and oxygen atoms in total. The molecular formula is C23H30N2OS. The van der Waals surface area contributed by atoms with E-state index in [0.717, 1.165) is 30.3 Å². The van der Waals surface area contributed by atoms with Crippen LogP contribution in [-0.2, 0) is 4.79 Å². The maximum absolute atomic E-state index is 12.2. The van der Waals surface area contributed by atoms with Crippen molar-refractivity contribution in [3.63, 3.8) is 0 Å². The van der Waals surface area contributed by atoms with Crippen LogP contribution in [0.25, 0.3) is 0 Å². The molecule has 3 rings (SSSR count). The molecule has 0 unspecified atom stereocenters. The quantitative estimate of drug-likeness (QED) is 0.661. The van der Waals surface area contributed by atoms with Crippen LogP contribution in [0.2, 0.25) is 0 Å². The first-order valence-corrected chi connectivity index (χ1v) is 10.9. The van der Waals surface area contributed by atoms with Gasteiger partial charge in [-0.2, -0.15) is 0 Å². The highest BCUT2D eigenvalue weighted by molar-refractivity contribution is 7.99. The second kappa shape index (κ2) is 9.84. The van der Waals surface area contributed by atoms with E-state index in [1.807, 2.05) is 18.2 Å². The molecular weight excluding hydrogens is 352 g/mol. The zero-order chi connectivity index (χ0) is 19.1. The third kappa shape index (κ3) is 6.03. The highest BCUT2D eigenvalue weighted by atomic mass is 32.2. The summed E-state index contributed by atoms with van der Waals surface area (Å²) in [6.45, 7) is 6.67. The summed E-state index contributed by atoms with van der Waals surface area (Å²) in [5.74, 6) is 1.68. The van der Waals surface area contributed by atoms with Crippen LogP contribution in [0.5, 0.6) is 0 Å². The van der Waals surface area contributed by atoms with Crippen molar-refractivity contribution >= 4 is 23.4 Å². The van der Waals surface area contributed by atoms with Gasteiger partial charge in [-0.25, -0.2) is 0 Å². The summed E-state index contributed by atoms with van der Waals surface area (Å²) in [4.78, 5) is 15.9. The molecule has 1 saturated heterocycles. The largest absolute Gasteiger partial charge is 0.371 e. The Kier molecular flexibility index (Phi) is 7.22. The van der Waals surface area contributed by atoms with Crippen molar-refractivity contribution in [3.8, 4) is 0 Å². The summed E-state index contributed by atoms with van der Waals surface area (Å²) in [6, 6.07) is 19.0. The number of amides is 1. The average molecular weight is 383 g/mol. The number of rotatable bonds is 7. The molecule has 2 aromatic carbocycles. The summed E-state index contributed by atoms with van der Waals surface area (Å²) in [5, 5.41) is 3.12. The van der Waals surface area contributed by atoms with Gasteiger partial charge in [0.25, 0.3) is 0 Å². The molecule has 1 heterocycles. The van der Waals surface area contributed by atoms with Crippen LogP contribution in [0.15, 0.2) is 59.5 Å². The van der Waals surface area contributed by atoms with Crippen LogP contribution in [0.1, 0.15) is 44.7 Å². The topological polar surface area (TPSA) is 32.3 Å². The van der Waals surface area contributed by atoms with Crippen molar-refractivity contribution < 1.29 is 4.79 Å². The van der Waals surface area contributed by atoms with E-state index in [1.54, 1.807) is 11.8 Å². The molecule has 2 aromatic rings. The molecule has 2 atom stereocenters. The van der Waals surface area contributed by atoms with Crippen molar-refractivity contribution in [1.29, 1.82) is 0 Å². The van der Waals surface area contributed by atoms with Crippen LogP contribution in [0.4, 0.5) is 5.69 Å². The van der Waals surface area contributed by atoms with Gasteiger partial charge in [0.05, 0.1) is 6.04 Å². The first-order chi connectivity index (χ1) is 13.1. The van der Waals surface area contributed by atoms with Crippen molar-refractivity contribution in [1.82, 2.24) is 5.32 Å². The number of benzene rings is 2. The van der Waals surface area contributed by atoms with Crippen LogP contribution in [0.3, 0.4) is 0 Å². The van der Waals surface area contributed by atoms with Gasteiger partial charge in [0.15, 0.2) is 0 Å². The van der Waals surface area contributed by atoms with Crippen molar-refractivity contribution in [2.45, 2.75) is 44.0 Å². The molecule has 1 amide bonds. The Morgan fingerprint density at radius 2 is 1.93 bits per heavy atom. The van der Waals surface area contributed by atoms with Crippen LogP contribution < -0.4 is 10.2 Å². The Bertz CT molecular complexity index is 717. The van der Waals surface area contributed by atoms with Gasteiger partial charge in [0, 0.05) is 35.8 Å². The van der Waals surface area contributed by atoms with E-state index >= 15 is 0 Å². The first-order valence-electron chi connectivity index (χ1n) is 9.94. The number of anilines is 1. The van der Waals surface area contributed by atoms with E-state index in [9.17, 15) is 4.79 Å². The second-order valence-corrected chi connectivity index (χ2v) is 8.65. The molecule has 1 fully saturated rings. The number of piperidine rings is 1. The molecule has 0 saturated carbocycles. The number of nitrogens with one attached hydrogen (secondary N) is 1. The van der Waals surface area contributed by atoms with Crippen LogP contribution in [-0.4, -0.2) is 24.7 Å². The standard InChI is InChI=1S/C23H30N2OS/c1-18-7-6-15-25(17-18)21-12-10-20(11-13-21)19(2)24-23(26)14-16-27-22-8-4-3-5-9-22/h3-5,8-13,18-19H,6-7,14-17H2,1-2H3,(H,24,26)/t18-,19-/m0/s1. The number of thioether (sulfide) groups is 1. The van der Waals surface area contributed by atoms with Gasteiger partial charge < -0.3 is 10.2 Å². The van der Waals surface area contributed by atoms with Gasteiger partial charge in [0.2, 0.25) is 5.91 Å². The SMILES string of the molecule is C[C@H]1CCCN(c2ccc([C@H](C)NC(=O)CCSc3ccccc3)cc2)C1. The van der Waals surface area contributed by atoms with E-state index in [-0.39, 0.29) is 11.9 Å². The predicted molar refractivity (Wildman–Crippen MR) is 115 cm³/mol. The first kappa shape index (κ1) is 19.8. The lowest BCUT2D eigenvalue weighted by Gasteiger charge is -2.33. The van der Waals surface area contributed by atoms with E-state index in [0.29, 0.717) is 6.42 Å². The minimum absolute atomic E-state index is 0.0357. The smallest absolute Gasteiger partial charge is 0.221 e. The Balaban J connectivity index is 1.45. The average Bonchev–Trinajstić information content (AvgIpc) is 2.69. The Morgan fingerprint density at radius 3 is 2.63 bits per heavy atom. The van der Waals surface area contributed by atoms with Crippen LogP contribution in [0, 0.1) is 5.92 Å². The monoisotopic (exact) mass is 382 g/mol. The lowest BCUT2D eigenvalue weighted by Crippen LogP contribution is -2.34. The van der Waals surface area contributed by atoms with Gasteiger partial charge >= 0.3 is 0 Å². The summed E-state index contributed by atoms with van der Waals surface area (Å²) < 4.78 is 0. The number of carbonyl (C=O) groups is 1. The summed E-state index contributed by atoms with van der Waals surface area (Å²) >= 11 is 1.72. The highest BCUT2D eigenvalue weighted by Gasteiger charge is 2.17. The van der Waals surface area contributed by atoms with E-state index < -0.39 is 0 Å². The molecule has 0 radical (unpaired) electrons. The molecule has 1 aliphatic rings. The lowest BCUT2D eigenvalue weighted by molar-refractivity contribution is -0.121. The van der Waals surface area contributed by atoms with E-state index in [1.165, 1.54) is 23.4 Å². The fourth-order valence-electron chi connectivity index (χ4n) is 3.57. The molecule has 0 bridgehead atoms. The Labute approximate surface area is 167 Å². The Hall–Kier alpha value is -1.94. The molecule has 4 heteroatoms. The predicted octanol–water partition coefficient (Wildman–Crippen LogP) is 5.28. The van der Waals surface area contributed by atoms with Crippen molar-refractivity contribution in [2.24, 2.45) is 5.92 Å². The fourth-order valence-corrected chi connectivity index (χ4v) is 4.45. The zero-order valence-electron chi connectivity index (χ0n) is 16.4.